The lowest BCUT2D eigenvalue weighted by molar-refractivity contribution is 0.0988. The van der Waals surface area contributed by atoms with Crippen LogP contribution < -0.4 is 0 Å². The maximum absolute atomic E-state index is 14.0. The number of hydrogen-bond donors (Lipinski definition) is 1. The summed E-state index contributed by atoms with van der Waals surface area (Å²) in [6.07, 6.45) is 1.75. The number of H-pyrrole nitrogens is 1. The molecule has 0 spiro atoms. The van der Waals surface area contributed by atoms with Crippen LogP contribution in [0.4, 0.5) is 8.78 Å². The number of rotatable bonds is 5. The van der Waals surface area contributed by atoms with Crippen LogP contribution in [0.25, 0.3) is 39.2 Å². The van der Waals surface area contributed by atoms with E-state index in [0.29, 0.717) is 39.3 Å². The highest BCUT2D eigenvalue weighted by Gasteiger charge is 2.19. The van der Waals surface area contributed by atoms with Crippen LogP contribution in [-0.2, 0) is 13.5 Å². The maximum atomic E-state index is 14.0. The van der Waals surface area contributed by atoms with Crippen LogP contribution in [0, 0.1) is 18.6 Å². The number of benzene rings is 2. The first-order valence-electron chi connectivity index (χ1n) is 11.3. The number of imidazole rings is 2. The number of aromatic amines is 1. The average Bonchev–Trinajstić information content (AvgIpc) is 3.55. The van der Waals surface area contributed by atoms with Crippen LogP contribution in [0.15, 0.2) is 66.9 Å². The molecule has 0 atom stereocenters. The number of aromatic nitrogens is 6. The van der Waals surface area contributed by atoms with Gasteiger partial charge >= 0.3 is 0 Å². The summed E-state index contributed by atoms with van der Waals surface area (Å²) in [6, 6.07) is 16.1. The number of hydrogen-bond acceptors (Lipinski definition) is 4. The molecular formula is C27H20F2N6O. The Morgan fingerprint density at radius 2 is 1.83 bits per heavy atom. The Kier molecular flexibility index (Phi) is 4.99. The second kappa shape index (κ2) is 8.23. The molecule has 0 aliphatic heterocycles. The van der Waals surface area contributed by atoms with Gasteiger partial charge in [0.25, 0.3) is 0 Å². The molecule has 4 aromatic heterocycles. The van der Waals surface area contributed by atoms with Crippen molar-refractivity contribution >= 4 is 22.3 Å². The van der Waals surface area contributed by atoms with E-state index in [0.717, 1.165) is 17.1 Å². The lowest BCUT2D eigenvalue weighted by Crippen LogP contribution is -2.04. The van der Waals surface area contributed by atoms with Crippen LogP contribution in [-0.4, -0.2) is 34.9 Å². The minimum Gasteiger partial charge on any atom is -0.352 e. The standard InChI is InChI=1S/C27H20F2N6O/c1-15-30-26(16-6-8-17(28)9-7-16)27(34(15)2)22-10-11-25-31-18(14-35(25)33-22)12-24(36)23-13-19-20(29)4-3-5-21(19)32-23/h3-11,13-14,32H,12H2,1-2H3. The van der Waals surface area contributed by atoms with Crippen molar-refractivity contribution in [2.45, 2.75) is 13.3 Å². The van der Waals surface area contributed by atoms with Gasteiger partial charge in [0.1, 0.15) is 23.2 Å². The van der Waals surface area contributed by atoms with Gasteiger partial charge in [0.05, 0.1) is 35.4 Å². The maximum Gasteiger partial charge on any atom is 0.185 e. The zero-order valence-corrected chi connectivity index (χ0v) is 19.5. The SMILES string of the molecule is Cc1nc(-c2ccc(F)cc2)c(-c2ccc3nc(CC(=O)c4cc5c(F)cccc5[nH]4)cn3n2)n1C. The zero-order chi connectivity index (χ0) is 25.0. The molecule has 4 heterocycles. The number of aryl methyl sites for hydroxylation is 1. The third-order valence-corrected chi connectivity index (χ3v) is 6.30. The molecule has 0 amide bonds. The predicted octanol–water partition coefficient (Wildman–Crippen LogP) is 5.29. The number of carbonyl (C=O) groups excluding carboxylic acids is 1. The van der Waals surface area contributed by atoms with Gasteiger partial charge in [-0.3, -0.25) is 4.79 Å². The summed E-state index contributed by atoms with van der Waals surface area (Å²) in [5.74, 6) is -0.101. The third-order valence-electron chi connectivity index (χ3n) is 6.30. The summed E-state index contributed by atoms with van der Waals surface area (Å²) < 4.78 is 31.0. The van der Waals surface area contributed by atoms with E-state index in [1.165, 1.54) is 24.3 Å². The second-order valence-electron chi connectivity index (χ2n) is 8.66. The van der Waals surface area contributed by atoms with Gasteiger partial charge in [-0.15, -0.1) is 0 Å². The summed E-state index contributed by atoms with van der Waals surface area (Å²) in [5.41, 5.74) is 4.96. The Bertz CT molecular complexity index is 1780. The highest BCUT2D eigenvalue weighted by molar-refractivity contribution is 6.00. The summed E-state index contributed by atoms with van der Waals surface area (Å²) in [5, 5.41) is 5.10. The van der Waals surface area contributed by atoms with Gasteiger partial charge in [-0.2, -0.15) is 5.10 Å². The lowest BCUT2D eigenvalue weighted by atomic mass is 10.1. The quantitative estimate of drug-likeness (QED) is 0.339. The van der Waals surface area contributed by atoms with E-state index in [1.54, 1.807) is 35.0 Å². The molecule has 0 saturated carbocycles. The van der Waals surface area contributed by atoms with Crippen molar-refractivity contribution in [3.8, 4) is 22.6 Å². The monoisotopic (exact) mass is 482 g/mol. The van der Waals surface area contributed by atoms with E-state index >= 15 is 0 Å². The van der Waals surface area contributed by atoms with Gasteiger partial charge in [-0.1, -0.05) is 6.07 Å². The summed E-state index contributed by atoms with van der Waals surface area (Å²) in [7, 11) is 1.90. The molecule has 0 saturated heterocycles. The molecule has 0 fully saturated rings. The van der Waals surface area contributed by atoms with E-state index in [4.69, 9.17) is 5.10 Å². The first kappa shape index (κ1) is 21.8. The van der Waals surface area contributed by atoms with Crippen LogP contribution in [0.3, 0.4) is 0 Å². The predicted molar refractivity (Wildman–Crippen MR) is 132 cm³/mol. The largest absolute Gasteiger partial charge is 0.352 e. The van der Waals surface area contributed by atoms with Crippen molar-refractivity contribution in [1.82, 2.24) is 29.1 Å². The molecule has 0 aliphatic rings. The van der Waals surface area contributed by atoms with Gasteiger partial charge < -0.3 is 9.55 Å². The molecule has 0 bridgehead atoms. The van der Waals surface area contributed by atoms with Crippen molar-refractivity contribution in [3.63, 3.8) is 0 Å². The summed E-state index contributed by atoms with van der Waals surface area (Å²) in [6.45, 7) is 1.89. The number of fused-ring (bicyclic) bond motifs is 2. The van der Waals surface area contributed by atoms with Crippen molar-refractivity contribution in [3.05, 3.63) is 95.7 Å². The fourth-order valence-corrected chi connectivity index (χ4v) is 4.38. The number of nitrogens with one attached hydrogen (secondary N) is 1. The molecule has 7 nitrogen and oxygen atoms in total. The molecular weight excluding hydrogens is 462 g/mol. The second-order valence-corrected chi connectivity index (χ2v) is 8.66. The van der Waals surface area contributed by atoms with E-state index < -0.39 is 0 Å². The van der Waals surface area contributed by atoms with Gasteiger partial charge in [-0.25, -0.2) is 23.3 Å². The average molecular weight is 482 g/mol. The van der Waals surface area contributed by atoms with E-state index in [1.807, 2.05) is 30.7 Å². The minimum absolute atomic E-state index is 0.0405. The van der Waals surface area contributed by atoms with Gasteiger partial charge in [0.15, 0.2) is 11.4 Å². The number of carbonyl (C=O) groups is 1. The molecule has 178 valence electrons. The highest BCUT2D eigenvalue weighted by Crippen LogP contribution is 2.31. The molecule has 0 unspecified atom stereocenters. The van der Waals surface area contributed by atoms with Gasteiger partial charge in [0.2, 0.25) is 0 Å². The fraction of sp³-hybridized carbons (Fsp3) is 0.111. The smallest absolute Gasteiger partial charge is 0.185 e. The Labute approximate surface area is 204 Å². The van der Waals surface area contributed by atoms with Crippen molar-refractivity contribution in [1.29, 1.82) is 0 Å². The van der Waals surface area contributed by atoms with E-state index in [9.17, 15) is 13.6 Å². The fourth-order valence-electron chi connectivity index (χ4n) is 4.38. The Morgan fingerprint density at radius 1 is 1.03 bits per heavy atom. The molecule has 9 heteroatoms. The Balaban J connectivity index is 1.34. The number of ketones is 1. The minimum atomic E-state index is -0.377. The lowest BCUT2D eigenvalue weighted by Gasteiger charge is -2.07. The van der Waals surface area contributed by atoms with Crippen LogP contribution in [0.2, 0.25) is 0 Å². The van der Waals surface area contributed by atoms with Gasteiger partial charge in [-0.05, 0) is 61.5 Å². The Morgan fingerprint density at radius 3 is 2.61 bits per heavy atom. The topological polar surface area (TPSA) is 80.9 Å². The van der Waals surface area contributed by atoms with Gasteiger partial charge in [0, 0.05) is 23.5 Å². The summed E-state index contributed by atoms with van der Waals surface area (Å²) in [4.78, 5) is 25.1. The van der Waals surface area contributed by atoms with Crippen LogP contribution in [0.5, 0.6) is 0 Å². The number of nitrogens with zero attached hydrogens (tertiary/aromatic N) is 5. The molecule has 1 N–H and O–H groups in total. The van der Waals surface area contributed by atoms with Crippen LogP contribution in [0.1, 0.15) is 22.0 Å². The normalized spacial score (nSPS) is 11.6. The Hall–Kier alpha value is -4.66. The summed E-state index contributed by atoms with van der Waals surface area (Å²) >= 11 is 0. The molecule has 2 aromatic carbocycles. The molecule has 6 rings (SSSR count). The molecule has 36 heavy (non-hydrogen) atoms. The number of Topliss-reactive ketones (excluding diaryl/α,β-unsaturated/α-hetero) is 1. The van der Waals surface area contributed by atoms with E-state index in [2.05, 4.69) is 15.0 Å². The zero-order valence-electron chi connectivity index (χ0n) is 19.5. The molecule has 0 aliphatic carbocycles. The van der Waals surface area contributed by atoms with E-state index in [-0.39, 0.29) is 23.8 Å². The highest BCUT2D eigenvalue weighted by atomic mass is 19.1. The molecule has 0 radical (unpaired) electrons. The van der Waals surface area contributed by atoms with Crippen molar-refractivity contribution in [2.24, 2.45) is 7.05 Å². The van der Waals surface area contributed by atoms with Crippen molar-refractivity contribution < 1.29 is 13.6 Å². The van der Waals surface area contributed by atoms with Crippen molar-refractivity contribution in [2.75, 3.05) is 0 Å². The third kappa shape index (κ3) is 3.65. The number of halogens is 2. The molecule has 6 aromatic rings. The first-order chi connectivity index (χ1) is 17.4. The first-order valence-corrected chi connectivity index (χ1v) is 11.3. The van der Waals surface area contributed by atoms with Crippen LogP contribution >= 0.6 is 0 Å².